The number of hydrogen-bond acceptors (Lipinski definition) is 2. The van der Waals surface area contributed by atoms with Gasteiger partial charge in [-0.25, -0.2) is 4.39 Å². The van der Waals surface area contributed by atoms with Crippen LogP contribution in [0.2, 0.25) is 0 Å². The van der Waals surface area contributed by atoms with Crippen LogP contribution in [0.3, 0.4) is 0 Å². The van der Waals surface area contributed by atoms with Crippen molar-refractivity contribution in [3.63, 3.8) is 0 Å². The van der Waals surface area contributed by atoms with Crippen LogP contribution in [0, 0.1) is 12.7 Å². The van der Waals surface area contributed by atoms with Crippen molar-refractivity contribution in [3.05, 3.63) is 53.6 Å². The molecule has 1 unspecified atom stereocenters. The molecule has 0 amide bonds. The summed E-state index contributed by atoms with van der Waals surface area (Å²) in [6.45, 7) is 5.42. The minimum absolute atomic E-state index is 0.135. The second kappa shape index (κ2) is 5.78. The van der Waals surface area contributed by atoms with Gasteiger partial charge < -0.3 is 5.32 Å². The normalized spacial score (nSPS) is 12.6. The van der Waals surface area contributed by atoms with Gasteiger partial charge in [-0.3, -0.25) is 4.68 Å². The Morgan fingerprint density at radius 3 is 2.94 bits per heavy atom. The highest BCUT2D eigenvalue weighted by Gasteiger charge is 2.06. The SMILES string of the molecule is Cc1ccc(C(C)NCCn2cccn2)cc1F. The van der Waals surface area contributed by atoms with E-state index in [0.717, 1.165) is 18.7 Å². The third-order valence-electron chi connectivity index (χ3n) is 3.05. The van der Waals surface area contributed by atoms with Crippen molar-refractivity contribution in [3.8, 4) is 0 Å². The first-order valence-corrected chi connectivity index (χ1v) is 6.13. The molecule has 0 saturated heterocycles. The summed E-state index contributed by atoms with van der Waals surface area (Å²) in [5.41, 5.74) is 1.65. The molecule has 1 atom stereocenters. The highest BCUT2D eigenvalue weighted by atomic mass is 19.1. The van der Waals surface area contributed by atoms with E-state index >= 15 is 0 Å². The number of rotatable bonds is 5. The molecule has 0 aliphatic rings. The summed E-state index contributed by atoms with van der Waals surface area (Å²) in [7, 11) is 0. The van der Waals surface area contributed by atoms with Gasteiger partial charge in [0.2, 0.25) is 0 Å². The molecular formula is C14H18FN3. The molecule has 1 aromatic heterocycles. The fraction of sp³-hybridized carbons (Fsp3) is 0.357. The molecule has 0 aliphatic carbocycles. The zero-order chi connectivity index (χ0) is 13.0. The van der Waals surface area contributed by atoms with Crippen LogP contribution in [0.25, 0.3) is 0 Å². The van der Waals surface area contributed by atoms with Crippen LogP contribution in [-0.4, -0.2) is 16.3 Å². The van der Waals surface area contributed by atoms with Gasteiger partial charge in [0.05, 0.1) is 6.54 Å². The molecule has 0 radical (unpaired) electrons. The van der Waals surface area contributed by atoms with E-state index in [0.29, 0.717) is 5.56 Å². The molecule has 4 heteroatoms. The molecule has 0 spiro atoms. The predicted octanol–water partition coefficient (Wildman–Crippen LogP) is 2.68. The lowest BCUT2D eigenvalue weighted by Gasteiger charge is -2.14. The molecule has 0 saturated carbocycles. The maximum absolute atomic E-state index is 13.4. The van der Waals surface area contributed by atoms with Gasteiger partial charge in [0.25, 0.3) is 0 Å². The van der Waals surface area contributed by atoms with E-state index in [9.17, 15) is 4.39 Å². The van der Waals surface area contributed by atoms with Crippen LogP contribution in [0.4, 0.5) is 4.39 Å². The van der Waals surface area contributed by atoms with E-state index in [2.05, 4.69) is 10.4 Å². The zero-order valence-corrected chi connectivity index (χ0v) is 10.7. The topological polar surface area (TPSA) is 29.9 Å². The second-order valence-corrected chi connectivity index (χ2v) is 4.45. The van der Waals surface area contributed by atoms with Gasteiger partial charge in [0, 0.05) is 25.0 Å². The van der Waals surface area contributed by atoms with Gasteiger partial charge in [0.1, 0.15) is 5.82 Å². The number of halogens is 1. The van der Waals surface area contributed by atoms with E-state index < -0.39 is 0 Å². The van der Waals surface area contributed by atoms with Crippen LogP contribution < -0.4 is 5.32 Å². The number of aromatic nitrogens is 2. The molecule has 2 rings (SSSR count). The summed E-state index contributed by atoms with van der Waals surface area (Å²) in [6.07, 6.45) is 3.69. The van der Waals surface area contributed by atoms with Crippen molar-refractivity contribution in [1.82, 2.24) is 15.1 Å². The molecular weight excluding hydrogens is 229 g/mol. The zero-order valence-electron chi connectivity index (χ0n) is 10.7. The smallest absolute Gasteiger partial charge is 0.126 e. The van der Waals surface area contributed by atoms with E-state index in [4.69, 9.17) is 0 Å². The van der Waals surface area contributed by atoms with E-state index in [-0.39, 0.29) is 11.9 Å². The van der Waals surface area contributed by atoms with Crippen molar-refractivity contribution in [2.75, 3.05) is 6.54 Å². The minimum Gasteiger partial charge on any atom is -0.308 e. The van der Waals surface area contributed by atoms with Crippen LogP contribution in [0.15, 0.2) is 36.7 Å². The summed E-state index contributed by atoms with van der Waals surface area (Å²) in [4.78, 5) is 0. The molecule has 18 heavy (non-hydrogen) atoms. The lowest BCUT2D eigenvalue weighted by atomic mass is 10.1. The number of nitrogens with one attached hydrogen (secondary N) is 1. The van der Waals surface area contributed by atoms with Gasteiger partial charge in [-0.15, -0.1) is 0 Å². The van der Waals surface area contributed by atoms with E-state index in [1.165, 1.54) is 0 Å². The monoisotopic (exact) mass is 247 g/mol. The van der Waals surface area contributed by atoms with Crippen molar-refractivity contribution in [1.29, 1.82) is 0 Å². The number of nitrogens with zero attached hydrogens (tertiary/aromatic N) is 2. The van der Waals surface area contributed by atoms with E-state index in [1.54, 1.807) is 19.2 Å². The third kappa shape index (κ3) is 3.17. The predicted molar refractivity (Wildman–Crippen MR) is 69.8 cm³/mol. The molecule has 3 nitrogen and oxygen atoms in total. The lowest BCUT2D eigenvalue weighted by molar-refractivity contribution is 0.505. The summed E-state index contributed by atoms with van der Waals surface area (Å²) >= 11 is 0. The summed E-state index contributed by atoms with van der Waals surface area (Å²) in [5, 5.41) is 7.48. The standard InChI is InChI=1S/C14H18FN3/c1-11-4-5-13(10-14(11)15)12(2)16-7-9-18-8-3-6-17-18/h3-6,8,10,12,16H,7,9H2,1-2H3. The Morgan fingerprint density at radius 2 is 2.28 bits per heavy atom. The van der Waals surface area contributed by atoms with Crippen LogP contribution in [0.5, 0.6) is 0 Å². The number of aryl methyl sites for hydroxylation is 1. The maximum Gasteiger partial charge on any atom is 0.126 e. The average Bonchev–Trinajstić information content (AvgIpc) is 2.85. The molecule has 0 aliphatic heterocycles. The van der Waals surface area contributed by atoms with Crippen LogP contribution in [-0.2, 0) is 6.54 Å². The van der Waals surface area contributed by atoms with Gasteiger partial charge in [-0.1, -0.05) is 12.1 Å². The summed E-state index contributed by atoms with van der Waals surface area (Å²) in [6, 6.07) is 7.41. The maximum atomic E-state index is 13.4. The van der Waals surface area contributed by atoms with Crippen molar-refractivity contribution in [2.24, 2.45) is 0 Å². The van der Waals surface area contributed by atoms with Gasteiger partial charge in [-0.2, -0.15) is 5.10 Å². The van der Waals surface area contributed by atoms with Gasteiger partial charge in [0.15, 0.2) is 0 Å². The quantitative estimate of drug-likeness (QED) is 0.880. The fourth-order valence-corrected chi connectivity index (χ4v) is 1.82. The Morgan fingerprint density at radius 1 is 1.44 bits per heavy atom. The molecule has 1 heterocycles. The Labute approximate surface area is 107 Å². The minimum atomic E-state index is -0.145. The number of benzene rings is 1. The number of hydrogen-bond donors (Lipinski definition) is 1. The van der Waals surface area contributed by atoms with Crippen LogP contribution >= 0.6 is 0 Å². The molecule has 0 bridgehead atoms. The second-order valence-electron chi connectivity index (χ2n) is 4.45. The summed E-state index contributed by atoms with van der Waals surface area (Å²) in [5.74, 6) is -0.145. The molecule has 0 fully saturated rings. The largest absolute Gasteiger partial charge is 0.308 e. The molecule has 1 N–H and O–H groups in total. The van der Waals surface area contributed by atoms with Crippen molar-refractivity contribution < 1.29 is 4.39 Å². The fourth-order valence-electron chi connectivity index (χ4n) is 1.82. The van der Waals surface area contributed by atoms with Crippen molar-refractivity contribution >= 4 is 0 Å². The van der Waals surface area contributed by atoms with Crippen molar-refractivity contribution in [2.45, 2.75) is 26.4 Å². The first kappa shape index (κ1) is 12.8. The molecule has 96 valence electrons. The van der Waals surface area contributed by atoms with Crippen LogP contribution in [0.1, 0.15) is 24.1 Å². The van der Waals surface area contributed by atoms with E-state index in [1.807, 2.05) is 36.0 Å². The van der Waals surface area contributed by atoms with Gasteiger partial charge in [-0.05, 0) is 37.1 Å². The first-order valence-electron chi connectivity index (χ1n) is 6.13. The third-order valence-corrected chi connectivity index (χ3v) is 3.05. The Bertz CT molecular complexity index is 494. The first-order chi connectivity index (χ1) is 8.66. The Hall–Kier alpha value is -1.68. The summed E-state index contributed by atoms with van der Waals surface area (Å²) < 4.78 is 15.3. The highest BCUT2D eigenvalue weighted by molar-refractivity contribution is 5.25. The Kier molecular flexibility index (Phi) is 4.10. The molecule has 1 aromatic carbocycles. The molecule has 2 aromatic rings. The highest BCUT2D eigenvalue weighted by Crippen LogP contribution is 2.15. The average molecular weight is 247 g/mol. The van der Waals surface area contributed by atoms with Gasteiger partial charge >= 0.3 is 0 Å². The lowest BCUT2D eigenvalue weighted by Crippen LogP contribution is -2.23. The Balaban J connectivity index is 1.87.